The number of nitrogens with one attached hydrogen (secondary N) is 4. The fourth-order valence-corrected chi connectivity index (χ4v) is 11.0. The number of carbonyl (C=O) groups is 5. The van der Waals surface area contributed by atoms with Crippen molar-refractivity contribution in [1.82, 2.24) is 45.3 Å². The molecule has 0 radical (unpaired) electrons. The second-order valence-corrected chi connectivity index (χ2v) is 20.2. The smallest absolute Gasteiger partial charge is 0.410 e. The van der Waals surface area contributed by atoms with Gasteiger partial charge in [-0.2, -0.15) is 8.78 Å². The number of fused-ring (bicyclic) bond motifs is 6. The van der Waals surface area contributed by atoms with Gasteiger partial charge in [0.05, 0.1) is 49.6 Å². The summed E-state index contributed by atoms with van der Waals surface area (Å²) >= 11 is 0. The molecule has 6 aromatic rings. The molecule has 0 saturated carbocycles. The van der Waals surface area contributed by atoms with Gasteiger partial charge < -0.3 is 54.1 Å². The molecule has 5 aliphatic rings. The Kier molecular flexibility index (Phi) is 12.6. The number of aromatic nitrogens is 4. The number of methoxy groups -OCH3 is 2. The van der Waals surface area contributed by atoms with E-state index in [0.29, 0.717) is 106 Å². The van der Waals surface area contributed by atoms with E-state index in [0.717, 1.165) is 11.1 Å². The molecule has 76 heavy (non-hydrogen) atoms. The van der Waals surface area contributed by atoms with Gasteiger partial charge in [-0.1, -0.05) is 50.8 Å². The van der Waals surface area contributed by atoms with Gasteiger partial charge >= 0.3 is 18.3 Å². The summed E-state index contributed by atoms with van der Waals surface area (Å²) in [5.41, 5.74) is 5.97. The lowest BCUT2D eigenvalue weighted by molar-refractivity contribution is -0.136. The molecule has 0 spiro atoms. The van der Waals surface area contributed by atoms with Gasteiger partial charge in [0.2, 0.25) is 18.6 Å². The summed E-state index contributed by atoms with van der Waals surface area (Å²) in [4.78, 5) is 87.3. The second kappa shape index (κ2) is 19.3. The summed E-state index contributed by atoms with van der Waals surface area (Å²) in [7, 11) is 2.43. The van der Waals surface area contributed by atoms with Gasteiger partial charge in [0.15, 0.2) is 11.5 Å². The maximum Gasteiger partial charge on any atom is 0.410 e. The molecular formula is C55H55F2N9O10. The molecule has 394 valence electrons. The number of imidazole rings is 2. The first kappa shape index (κ1) is 49.7. The van der Waals surface area contributed by atoms with E-state index in [1.165, 1.54) is 26.4 Å². The van der Waals surface area contributed by atoms with E-state index >= 15 is 8.78 Å². The number of alkyl carbamates (subject to hydrolysis) is 2. The van der Waals surface area contributed by atoms with Gasteiger partial charge in [-0.05, 0) is 101 Å². The molecule has 19 nitrogen and oxygen atoms in total. The highest BCUT2D eigenvalue weighted by molar-refractivity contribution is 5.90. The minimum Gasteiger partial charge on any atom is -0.454 e. The van der Waals surface area contributed by atoms with Crippen LogP contribution in [0.3, 0.4) is 0 Å². The average molecular weight is 1040 g/mol. The molecule has 4 N–H and O–H groups in total. The molecule has 6 heterocycles. The zero-order chi connectivity index (χ0) is 53.3. The number of halogens is 2. The number of likely N-dealkylation sites (tertiary alicyclic amines) is 2. The van der Waals surface area contributed by atoms with Gasteiger partial charge in [0, 0.05) is 48.9 Å². The molecule has 0 bridgehead atoms. The largest absolute Gasteiger partial charge is 0.454 e. The van der Waals surface area contributed by atoms with Gasteiger partial charge in [0.1, 0.15) is 29.8 Å². The van der Waals surface area contributed by atoms with Crippen LogP contribution in [0, 0.1) is 5.92 Å². The molecular weight excluding hydrogens is 985 g/mol. The van der Waals surface area contributed by atoms with Crippen LogP contribution in [-0.2, 0) is 42.8 Å². The Hall–Kier alpha value is -8.49. The van der Waals surface area contributed by atoms with Gasteiger partial charge in [-0.3, -0.25) is 14.5 Å². The SMILES string of the molecule is C=C(C)[C@H](NC(=O)OC)C(=O)N1CCC[C@H]1c1nc(-c2ccc3c(c2)C(F)(F)c2cc(-c4ccc5[nH]c(C6CC(OC(=O)N7Cc8cc9c(cc8C7)OCO9)CN6C(=O)[C@@H](NC(=O)OC)C(C)C)nc5c4)ccc2-3)c[nH]1. The van der Waals surface area contributed by atoms with Crippen molar-refractivity contribution in [2.45, 2.75) is 89.3 Å². The quantitative estimate of drug-likeness (QED) is 0.0708. The fraction of sp³-hybridized carbons (Fsp3) is 0.364. The minimum absolute atomic E-state index is 0.0210. The Morgan fingerprint density at radius 1 is 0.803 bits per heavy atom. The van der Waals surface area contributed by atoms with Crippen LogP contribution >= 0.6 is 0 Å². The number of rotatable bonds is 11. The number of carbonyl (C=O) groups excluding carboxylic acids is 5. The van der Waals surface area contributed by atoms with E-state index in [2.05, 4.69) is 27.2 Å². The number of nitrogens with zero attached hydrogens (tertiary/aromatic N) is 5. The van der Waals surface area contributed by atoms with Gasteiger partial charge in [-0.25, -0.2) is 24.4 Å². The van der Waals surface area contributed by atoms with E-state index in [1.54, 1.807) is 78.1 Å². The maximum absolute atomic E-state index is 16.8. The summed E-state index contributed by atoms with van der Waals surface area (Å²) in [6.45, 7) is 10.3. The Morgan fingerprint density at radius 3 is 2.12 bits per heavy atom. The number of aromatic amines is 2. The molecule has 5 atom stereocenters. The predicted octanol–water partition coefficient (Wildman–Crippen LogP) is 8.61. The predicted molar refractivity (Wildman–Crippen MR) is 271 cm³/mol. The standard InChI is InChI=1S/C55H55F2N9O10/c1-27(2)46(62-52(69)72-5)50(67)65-15-7-8-42(65)48-58-22-41(61-48)31-10-13-36-35-12-9-29(16-37(35)55(56,57)38(36)17-31)30-11-14-39-40(18-30)60-49(59-39)43-21-34(25-66(43)51(68)47(28(3)4)63-53(70)73-6)76-54(71)64-23-32-19-44-45(75-26-74-44)20-33(32)24-64/h9-14,16-20,22,28,34,42-43,46-47H,1,7-8,15,21,23-26H2,2-6H3,(H,58,61)(H,59,60)(H,62,69)(H,63,70)/t34?,42-,43?,46-,47-/m0/s1. The van der Waals surface area contributed by atoms with Crippen LogP contribution < -0.4 is 20.1 Å². The van der Waals surface area contributed by atoms with E-state index in [9.17, 15) is 24.0 Å². The molecule has 11 rings (SSSR count). The summed E-state index contributed by atoms with van der Waals surface area (Å²) < 4.78 is 60.2. The number of H-pyrrole nitrogens is 2. The summed E-state index contributed by atoms with van der Waals surface area (Å²) in [5.74, 6) is -2.32. The first-order chi connectivity index (χ1) is 36.5. The van der Waals surface area contributed by atoms with Gasteiger partial charge in [-0.15, -0.1) is 0 Å². The Balaban J connectivity index is 0.824. The highest BCUT2D eigenvalue weighted by Crippen LogP contribution is 2.53. The molecule has 1 aliphatic carbocycles. The fourth-order valence-electron chi connectivity index (χ4n) is 11.0. The first-order valence-corrected chi connectivity index (χ1v) is 25.0. The van der Waals surface area contributed by atoms with Crippen LogP contribution in [0.15, 0.2) is 85.1 Å². The lowest BCUT2D eigenvalue weighted by Gasteiger charge is -2.29. The molecule has 2 saturated heterocycles. The van der Waals surface area contributed by atoms with Crippen molar-refractivity contribution in [3.63, 3.8) is 0 Å². The van der Waals surface area contributed by atoms with Crippen LogP contribution in [0.4, 0.5) is 23.2 Å². The number of benzene rings is 4. The highest BCUT2D eigenvalue weighted by atomic mass is 19.3. The van der Waals surface area contributed by atoms with E-state index in [-0.39, 0.29) is 42.7 Å². The minimum atomic E-state index is -3.37. The molecule has 2 unspecified atom stereocenters. The maximum atomic E-state index is 16.8. The first-order valence-electron chi connectivity index (χ1n) is 25.0. The molecule has 2 aromatic heterocycles. The van der Waals surface area contributed by atoms with Crippen molar-refractivity contribution in [3.05, 3.63) is 119 Å². The van der Waals surface area contributed by atoms with Crippen molar-refractivity contribution in [1.29, 1.82) is 0 Å². The molecule has 21 heteroatoms. The second-order valence-electron chi connectivity index (χ2n) is 20.2. The van der Waals surface area contributed by atoms with Crippen LogP contribution in [-0.4, -0.2) is 117 Å². The number of hydrogen-bond acceptors (Lipinski definition) is 12. The lowest BCUT2D eigenvalue weighted by Crippen LogP contribution is -2.51. The zero-order valence-electron chi connectivity index (χ0n) is 42.3. The molecule has 5 amide bonds. The normalized spacial score (nSPS) is 19.5. The van der Waals surface area contributed by atoms with Gasteiger partial charge in [0.25, 0.3) is 5.92 Å². The van der Waals surface area contributed by atoms with E-state index in [4.69, 9.17) is 33.7 Å². The lowest BCUT2D eigenvalue weighted by atomic mass is 9.98. The Labute approximate surface area is 434 Å². The summed E-state index contributed by atoms with van der Waals surface area (Å²) in [6, 6.07) is 15.9. The van der Waals surface area contributed by atoms with Crippen LogP contribution in [0.2, 0.25) is 0 Å². The van der Waals surface area contributed by atoms with Crippen LogP contribution in [0.5, 0.6) is 11.5 Å². The zero-order valence-corrected chi connectivity index (χ0v) is 42.3. The number of ether oxygens (including phenoxy) is 5. The van der Waals surface area contributed by atoms with E-state index < -0.39 is 60.4 Å². The van der Waals surface area contributed by atoms with Crippen molar-refractivity contribution >= 4 is 41.1 Å². The Morgan fingerprint density at radius 2 is 1.45 bits per heavy atom. The van der Waals surface area contributed by atoms with Crippen molar-refractivity contribution in [2.75, 3.05) is 34.1 Å². The monoisotopic (exact) mass is 1040 g/mol. The third-order valence-corrected chi connectivity index (χ3v) is 15.0. The number of alkyl halides is 2. The van der Waals surface area contributed by atoms with Crippen LogP contribution in [0.1, 0.15) is 86.0 Å². The summed E-state index contributed by atoms with van der Waals surface area (Å²) in [5, 5.41) is 5.21. The summed E-state index contributed by atoms with van der Waals surface area (Å²) in [6.07, 6.45) is 0.321. The number of amides is 5. The third kappa shape index (κ3) is 8.85. The highest BCUT2D eigenvalue weighted by Gasteiger charge is 2.46. The van der Waals surface area contributed by atoms with E-state index in [1.807, 2.05) is 18.2 Å². The van der Waals surface area contributed by atoms with Crippen molar-refractivity contribution in [3.8, 4) is 45.0 Å². The third-order valence-electron chi connectivity index (χ3n) is 15.0. The number of hydrogen-bond donors (Lipinski definition) is 4. The van der Waals surface area contributed by atoms with Crippen LogP contribution in [0.25, 0.3) is 44.5 Å². The Bertz CT molecular complexity index is 3340. The van der Waals surface area contributed by atoms with Crippen molar-refractivity contribution in [2.24, 2.45) is 5.92 Å². The topological polar surface area (TPSA) is 223 Å². The molecule has 4 aromatic carbocycles. The van der Waals surface area contributed by atoms with Crippen molar-refractivity contribution < 1.29 is 56.4 Å². The molecule has 4 aliphatic heterocycles. The average Bonchev–Trinajstić information content (AvgIpc) is 4.31. The molecule has 2 fully saturated rings.